The van der Waals surface area contributed by atoms with Crippen molar-refractivity contribution in [2.24, 2.45) is 0 Å². The van der Waals surface area contributed by atoms with Gasteiger partial charge in [-0.05, 0) is 44.0 Å². The van der Waals surface area contributed by atoms with E-state index in [1.807, 2.05) is 36.4 Å². The molecule has 1 fully saturated rings. The Hall–Kier alpha value is -2.37. The first-order chi connectivity index (χ1) is 13.1. The van der Waals surface area contributed by atoms with Gasteiger partial charge in [-0.1, -0.05) is 30.7 Å². The van der Waals surface area contributed by atoms with E-state index in [1.54, 1.807) is 12.1 Å². The lowest BCUT2D eigenvalue weighted by Gasteiger charge is -2.26. The fourth-order valence-electron chi connectivity index (χ4n) is 3.60. The molecule has 1 heterocycles. The first kappa shape index (κ1) is 20.4. The number of fused-ring (bicyclic) bond motifs is 1. The van der Waals surface area contributed by atoms with Gasteiger partial charge in [0.25, 0.3) is 0 Å². The van der Waals surface area contributed by atoms with Crippen LogP contribution in [0.5, 0.6) is 5.75 Å². The molecule has 28 heavy (non-hydrogen) atoms. The van der Waals surface area contributed by atoms with Crippen molar-refractivity contribution in [3.63, 3.8) is 0 Å². The van der Waals surface area contributed by atoms with E-state index in [4.69, 9.17) is 9.72 Å². The molecule has 5 nitrogen and oxygen atoms in total. The number of rotatable bonds is 7. The van der Waals surface area contributed by atoms with Crippen LogP contribution in [0.1, 0.15) is 48.3 Å². The van der Waals surface area contributed by atoms with Gasteiger partial charge in [-0.25, -0.2) is 4.98 Å². The summed E-state index contributed by atoms with van der Waals surface area (Å²) in [5.74, 6) is 2.00. The number of hydrogen-bond donors (Lipinski definition) is 1. The molecular formula is C22H25ClN2O3. The molecule has 148 valence electrons. The Morgan fingerprint density at radius 3 is 2.64 bits per heavy atom. The predicted molar refractivity (Wildman–Crippen MR) is 112 cm³/mol. The van der Waals surface area contributed by atoms with Gasteiger partial charge in [0.2, 0.25) is 0 Å². The summed E-state index contributed by atoms with van der Waals surface area (Å²) in [6.45, 7) is 2.07. The number of ketones is 1. The molecule has 0 spiro atoms. The number of benzene rings is 2. The molecule has 6 heteroatoms. The van der Waals surface area contributed by atoms with E-state index in [1.165, 1.54) is 13.3 Å². The summed E-state index contributed by atoms with van der Waals surface area (Å²) in [5.41, 5.74) is 2.55. The number of para-hydroxylation sites is 3. The molecule has 0 bridgehead atoms. The monoisotopic (exact) mass is 400 g/mol. The average Bonchev–Trinajstić information content (AvgIpc) is 2.97. The Morgan fingerprint density at radius 1 is 1.21 bits per heavy atom. The van der Waals surface area contributed by atoms with Crippen LogP contribution in [0.2, 0.25) is 0 Å². The molecule has 1 aromatic heterocycles. The highest BCUT2D eigenvalue weighted by Gasteiger charge is 2.26. The fourth-order valence-corrected chi connectivity index (χ4v) is 3.60. The van der Waals surface area contributed by atoms with Gasteiger partial charge in [0.05, 0.1) is 23.1 Å². The fraction of sp³-hybridized carbons (Fsp3) is 0.364. The lowest BCUT2D eigenvalue weighted by atomic mass is 9.85. The van der Waals surface area contributed by atoms with Crippen molar-refractivity contribution in [3.05, 3.63) is 59.9 Å². The van der Waals surface area contributed by atoms with Crippen LogP contribution >= 0.6 is 12.4 Å². The molecule has 1 unspecified atom stereocenters. The Morgan fingerprint density at radius 2 is 1.93 bits per heavy atom. The number of aliphatic hydroxyl groups excluding tert-OH is 1. The molecular weight excluding hydrogens is 376 g/mol. The van der Waals surface area contributed by atoms with Gasteiger partial charge in [-0.3, -0.25) is 4.79 Å². The number of aromatic nitrogens is 2. The maximum atomic E-state index is 11.7. The van der Waals surface area contributed by atoms with E-state index in [-0.39, 0.29) is 24.8 Å². The molecule has 0 saturated heterocycles. The Bertz CT molecular complexity index is 965. The van der Waals surface area contributed by atoms with Gasteiger partial charge >= 0.3 is 0 Å². The third-order valence-corrected chi connectivity index (χ3v) is 5.25. The van der Waals surface area contributed by atoms with Gasteiger partial charge in [0.1, 0.15) is 24.3 Å². The van der Waals surface area contributed by atoms with Crippen molar-refractivity contribution in [2.45, 2.75) is 44.8 Å². The number of hydrogen-bond acceptors (Lipinski definition) is 4. The summed E-state index contributed by atoms with van der Waals surface area (Å²) in [7, 11) is 0. The van der Waals surface area contributed by atoms with Crippen molar-refractivity contribution in [3.8, 4) is 5.75 Å². The van der Waals surface area contributed by atoms with E-state index < -0.39 is 6.10 Å². The van der Waals surface area contributed by atoms with Crippen molar-refractivity contribution in [1.29, 1.82) is 0 Å². The molecule has 3 aromatic rings. The van der Waals surface area contributed by atoms with Crippen LogP contribution in [0.3, 0.4) is 0 Å². The topological polar surface area (TPSA) is 64.3 Å². The normalized spacial score (nSPS) is 14.9. The van der Waals surface area contributed by atoms with Crippen LogP contribution in [0, 0.1) is 0 Å². The zero-order chi connectivity index (χ0) is 18.8. The highest BCUT2D eigenvalue weighted by atomic mass is 35.5. The SMILES string of the molecule is CC(=O)c1ccccc1OCC(O)Cn1c(C2CCC2)nc2ccccc21.Cl. The number of nitrogens with zero attached hydrogens (tertiary/aromatic N) is 2. The lowest BCUT2D eigenvalue weighted by molar-refractivity contribution is 0.0893. The summed E-state index contributed by atoms with van der Waals surface area (Å²) in [4.78, 5) is 16.5. The maximum absolute atomic E-state index is 11.7. The van der Waals surface area contributed by atoms with Crippen molar-refractivity contribution < 1.29 is 14.6 Å². The first-order valence-electron chi connectivity index (χ1n) is 9.49. The summed E-state index contributed by atoms with van der Waals surface area (Å²) in [5, 5.41) is 10.6. The zero-order valence-electron chi connectivity index (χ0n) is 15.9. The first-order valence-corrected chi connectivity index (χ1v) is 9.49. The van der Waals surface area contributed by atoms with Crippen LogP contribution in [-0.4, -0.2) is 33.2 Å². The van der Waals surface area contributed by atoms with Crippen LogP contribution < -0.4 is 4.74 Å². The Labute approximate surface area is 170 Å². The predicted octanol–water partition coefficient (Wildman–Crippen LogP) is 4.37. The summed E-state index contributed by atoms with van der Waals surface area (Å²) in [6, 6.07) is 15.2. The average molecular weight is 401 g/mol. The molecule has 0 radical (unpaired) electrons. The van der Waals surface area contributed by atoms with Crippen LogP contribution in [0.4, 0.5) is 0 Å². The number of ether oxygens (including phenoxy) is 1. The van der Waals surface area contributed by atoms with Crippen LogP contribution in [0.25, 0.3) is 11.0 Å². The standard InChI is InChI=1S/C22H24N2O3.ClH/c1-15(25)18-9-2-5-12-21(18)27-14-17(26)13-24-20-11-4-3-10-19(20)23-22(24)16-7-6-8-16;/h2-5,9-12,16-17,26H,6-8,13-14H2,1H3;1H. The number of aliphatic hydroxyl groups is 1. The minimum atomic E-state index is -0.693. The van der Waals surface area contributed by atoms with E-state index >= 15 is 0 Å². The van der Waals surface area contributed by atoms with E-state index in [0.29, 0.717) is 23.8 Å². The largest absolute Gasteiger partial charge is 0.490 e. The molecule has 1 N–H and O–H groups in total. The number of halogens is 1. The maximum Gasteiger partial charge on any atom is 0.163 e. The molecule has 1 saturated carbocycles. The molecule has 1 aliphatic rings. The second-order valence-corrected chi connectivity index (χ2v) is 7.21. The lowest BCUT2D eigenvalue weighted by Crippen LogP contribution is -2.26. The van der Waals surface area contributed by atoms with Crippen molar-refractivity contribution >= 4 is 29.2 Å². The zero-order valence-corrected chi connectivity index (χ0v) is 16.7. The number of Topliss-reactive ketones (excluding diaryl/α,β-unsaturated/α-hetero) is 1. The molecule has 2 aromatic carbocycles. The van der Waals surface area contributed by atoms with Gasteiger partial charge in [0, 0.05) is 5.92 Å². The quantitative estimate of drug-likeness (QED) is 0.598. The second kappa shape index (κ2) is 8.76. The Kier molecular flexibility index (Phi) is 6.37. The molecule has 1 atom stereocenters. The number of carbonyl (C=O) groups excluding carboxylic acids is 1. The number of imidazole rings is 1. The van der Waals surface area contributed by atoms with Gasteiger partial charge in [-0.15, -0.1) is 12.4 Å². The second-order valence-electron chi connectivity index (χ2n) is 7.21. The Balaban J connectivity index is 0.00000225. The summed E-state index contributed by atoms with van der Waals surface area (Å²) < 4.78 is 7.89. The van der Waals surface area contributed by atoms with Crippen molar-refractivity contribution in [1.82, 2.24) is 9.55 Å². The smallest absolute Gasteiger partial charge is 0.163 e. The van der Waals surface area contributed by atoms with E-state index in [0.717, 1.165) is 29.7 Å². The molecule has 4 rings (SSSR count). The highest BCUT2D eigenvalue weighted by molar-refractivity contribution is 5.96. The third-order valence-electron chi connectivity index (χ3n) is 5.25. The van der Waals surface area contributed by atoms with Crippen LogP contribution in [0.15, 0.2) is 48.5 Å². The minimum absolute atomic E-state index is 0. The molecule has 1 aliphatic carbocycles. The molecule has 0 aliphatic heterocycles. The van der Waals surface area contributed by atoms with Gasteiger partial charge < -0.3 is 14.4 Å². The summed E-state index contributed by atoms with van der Waals surface area (Å²) >= 11 is 0. The molecule has 0 amide bonds. The van der Waals surface area contributed by atoms with E-state index in [2.05, 4.69) is 4.57 Å². The van der Waals surface area contributed by atoms with Crippen LogP contribution in [-0.2, 0) is 6.54 Å². The van der Waals surface area contributed by atoms with Gasteiger partial charge in [0.15, 0.2) is 5.78 Å². The summed E-state index contributed by atoms with van der Waals surface area (Å²) in [6.07, 6.45) is 2.85. The minimum Gasteiger partial charge on any atom is -0.490 e. The third kappa shape index (κ3) is 4.05. The van der Waals surface area contributed by atoms with Crippen molar-refractivity contribution in [2.75, 3.05) is 6.61 Å². The van der Waals surface area contributed by atoms with Gasteiger partial charge in [-0.2, -0.15) is 0 Å². The van der Waals surface area contributed by atoms with E-state index in [9.17, 15) is 9.90 Å². The number of carbonyl (C=O) groups is 1. The highest BCUT2D eigenvalue weighted by Crippen LogP contribution is 2.37.